The summed E-state index contributed by atoms with van der Waals surface area (Å²) in [5.74, 6) is -0.488. The fourth-order valence-corrected chi connectivity index (χ4v) is 5.98. The first kappa shape index (κ1) is 29.3. The van der Waals surface area contributed by atoms with Gasteiger partial charge in [0.2, 0.25) is 17.7 Å². The number of hydrogen-bond acceptors (Lipinski definition) is 6. The summed E-state index contributed by atoms with van der Waals surface area (Å²) in [5, 5.41) is 23.7. The zero-order chi connectivity index (χ0) is 30.6. The van der Waals surface area contributed by atoms with Crippen molar-refractivity contribution in [3.63, 3.8) is 0 Å². The number of amides is 3. The smallest absolute Gasteiger partial charge is 0.247 e. The molecule has 2 saturated heterocycles. The van der Waals surface area contributed by atoms with Crippen molar-refractivity contribution < 1.29 is 19.5 Å². The number of nitrogens with one attached hydrogen (secondary N) is 3. The number of hydrogen-bond donors (Lipinski definition) is 4. The first-order valence-corrected chi connectivity index (χ1v) is 14.9. The Balaban J connectivity index is 1.06. The van der Waals surface area contributed by atoms with Crippen LogP contribution in [0.1, 0.15) is 24.8 Å². The van der Waals surface area contributed by atoms with E-state index in [2.05, 4.69) is 25.7 Å². The lowest BCUT2D eigenvalue weighted by atomic mass is 10.1. The number of aliphatic hydroxyl groups excluding tert-OH is 1. The number of benzene rings is 3. The summed E-state index contributed by atoms with van der Waals surface area (Å²) in [7, 11) is 1.98. The van der Waals surface area contributed by atoms with Crippen molar-refractivity contribution in [3.05, 3.63) is 90.5 Å². The third kappa shape index (κ3) is 6.56. The fourth-order valence-electron chi connectivity index (χ4n) is 5.98. The standard InChI is InChI=1S/C34H36N6O4/c1-39-17-5-8-30(39)33(43)35-25-13-9-23(10-14-25)28-20-29(38-37-28)24-11-15-26(16-12-24)36-34(44)31-19-27(41)21-40(31)32(42)18-22-6-3-2-4-7-22/h2-4,6-7,9-16,20,27,30-31,41H,5,8,17-19,21H2,1H3,(H,35,43)(H,36,44)(H,37,38)/t27-,30+,31+/m1/s1. The molecule has 226 valence electrons. The van der Waals surface area contributed by atoms with Gasteiger partial charge in [0.15, 0.2) is 0 Å². The van der Waals surface area contributed by atoms with Crippen LogP contribution in [0.3, 0.4) is 0 Å². The first-order valence-electron chi connectivity index (χ1n) is 14.9. The molecule has 10 nitrogen and oxygen atoms in total. The van der Waals surface area contributed by atoms with E-state index in [-0.39, 0.29) is 43.1 Å². The number of anilines is 2. The van der Waals surface area contributed by atoms with Crippen molar-refractivity contribution >= 4 is 29.1 Å². The molecule has 0 radical (unpaired) electrons. The molecule has 10 heteroatoms. The molecule has 2 fully saturated rings. The third-order valence-corrected chi connectivity index (χ3v) is 8.41. The molecule has 6 rings (SSSR count). The molecule has 2 aliphatic heterocycles. The Labute approximate surface area is 256 Å². The quantitative estimate of drug-likeness (QED) is 0.245. The minimum atomic E-state index is -0.740. The summed E-state index contributed by atoms with van der Waals surface area (Å²) in [6, 6.07) is 25.5. The van der Waals surface area contributed by atoms with E-state index in [0.29, 0.717) is 5.69 Å². The number of aliphatic hydroxyl groups is 1. The molecule has 2 aliphatic rings. The van der Waals surface area contributed by atoms with E-state index in [1.165, 1.54) is 4.90 Å². The van der Waals surface area contributed by atoms with E-state index in [4.69, 9.17) is 0 Å². The predicted molar refractivity (Wildman–Crippen MR) is 169 cm³/mol. The number of aromatic amines is 1. The van der Waals surface area contributed by atoms with E-state index in [0.717, 1.165) is 53.2 Å². The maximum Gasteiger partial charge on any atom is 0.247 e. The molecule has 3 heterocycles. The lowest BCUT2D eigenvalue weighted by Gasteiger charge is -2.24. The van der Waals surface area contributed by atoms with E-state index in [9.17, 15) is 19.5 Å². The molecule has 0 saturated carbocycles. The van der Waals surface area contributed by atoms with Gasteiger partial charge in [-0.25, -0.2) is 0 Å². The molecule has 4 aromatic rings. The number of aromatic nitrogens is 2. The Kier molecular flexibility index (Phi) is 8.53. The Hall–Kier alpha value is -4.80. The fraction of sp³-hybridized carbons (Fsp3) is 0.294. The number of likely N-dealkylation sites (N-methyl/N-ethyl adjacent to an activating group) is 1. The molecule has 1 aromatic heterocycles. The molecule has 3 aromatic carbocycles. The summed E-state index contributed by atoms with van der Waals surface area (Å²) < 4.78 is 0. The highest BCUT2D eigenvalue weighted by atomic mass is 16.3. The van der Waals surface area contributed by atoms with Gasteiger partial charge in [-0.1, -0.05) is 54.6 Å². The normalized spacial score (nSPS) is 20.0. The van der Waals surface area contributed by atoms with Crippen LogP contribution < -0.4 is 10.6 Å². The van der Waals surface area contributed by atoms with Gasteiger partial charge in [0.25, 0.3) is 0 Å². The topological polar surface area (TPSA) is 131 Å². The SMILES string of the molecule is CN1CCC[C@H]1C(=O)Nc1ccc(-c2cc(-c3ccc(NC(=O)[C@@H]4C[C@@H](O)CN4C(=O)Cc4ccccc4)cc3)[nH]n2)cc1. The summed E-state index contributed by atoms with van der Waals surface area (Å²) in [6.45, 7) is 1.08. The molecule has 4 N–H and O–H groups in total. The van der Waals surface area contributed by atoms with Crippen molar-refractivity contribution in [3.8, 4) is 22.5 Å². The van der Waals surface area contributed by atoms with Crippen LogP contribution in [0.15, 0.2) is 84.9 Å². The van der Waals surface area contributed by atoms with Gasteiger partial charge in [0.05, 0.1) is 30.0 Å². The Morgan fingerprint density at radius 1 is 0.886 bits per heavy atom. The molecule has 0 bridgehead atoms. The molecule has 3 atom stereocenters. The summed E-state index contributed by atoms with van der Waals surface area (Å²) in [4.78, 5) is 42.3. The first-order chi connectivity index (χ1) is 21.3. The lowest BCUT2D eigenvalue weighted by Crippen LogP contribution is -2.43. The number of carbonyl (C=O) groups is 3. The number of nitrogens with zero attached hydrogens (tertiary/aromatic N) is 3. The third-order valence-electron chi connectivity index (χ3n) is 8.41. The minimum absolute atomic E-state index is 0.0224. The second-order valence-corrected chi connectivity index (χ2v) is 11.6. The van der Waals surface area contributed by atoms with Crippen molar-refractivity contribution in [2.24, 2.45) is 0 Å². The van der Waals surface area contributed by atoms with E-state index in [1.54, 1.807) is 12.1 Å². The number of carbonyl (C=O) groups excluding carboxylic acids is 3. The highest BCUT2D eigenvalue weighted by Crippen LogP contribution is 2.27. The average Bonchev–Trinajstić information content (AvgIpc) is 3.78. The Bertz CT molecular complexity index is 1620. The number of H-pyrrole nitrogens is 1. The monoisotopic (exact) mass is 592 g/mol. The molecule has 44 heavy (non-hydrogen) atoms. The van der Waals surface area contributed by atoms with Crippen molar-refractivity contribution in [2.45, 2.75) is 43.9 Å². The van der Waals surface area contributed by atoms with Gasteiger partial charge in [-0.3, -0.25) is 24.4 Å². The summed E-state index contributed by atoms with van der Waals surface area (Å²) in [6.07, 6.45) is 1.55. The van der Waals surface area contributed by atoms with Crippen LogP contribution >= 0.6 is 0 Å². The zero-order valence-electron chi connectivity index (χ0n) is 24.6. The maximum atomic E-state index is 13.1. The van der Waals surface area contributed by atoms with Crippen molar-refractivity contribution in [2.75, 3.05) is 30.8 Å². The molecule has 0 unspecified atom stereocenters. The highest BCUT2D eigenvalue weighted by Gasteiger charge is 2.38. The van der Waals surface area contributed by atoms with Gasteiger partial charge in [-0.2, -0.15) is 5.10 Å². The van der Waals surface area contributed by atoms with Gasteiger partial charge in [-0.15, -0.1) is 0 Å². The van der Waals surface area contributed by atoms with Gasteiger partial charge in [-0.05, 0) is 67.9 Å². The van der Waals surface area contributed by atoms with Crippen LogP contribution in [0.25, 0.3) is 22.5 Å². The zero-order valence-corrected chi connectivity index (χ0v) is 24.6. The van der Waals surface area contributed by atoms with Crippen LogP contribution in [-0.4, -0.2) is 81.2 Å². The highest BCUT2D eigenvalue weighted by molar-refractivity contribution is 5.98. The van der Waals surface area contributed by atoms with E-state index < -0.39 is 12.1 Å². The van der Waals surface area contributed by atoms with Crippen LogP contribution in [0.4, 0.5) is 11.4 Å². The summed E-state index contributed by atoms with van der Waals surface area (Å²) in [5.41, 5.74) is 5.60. The van der Waals surface area contributed by atoms with Crippen LogP contribution in [0, 0.1) is 0 Å². The second-order valence-electron chi connectivity index (χ2n) is 11.6. The molecule has 0 aliphatic carbocycles. The number of rotatable bonds is 8. The van der Waals surface area contributed by atoms with Gasteiger partial charge >= 0.3 is 0 Å². The van der Waals surface area contributed by atoms with Gasteiger partial charge in [0.1, 0.15) is 6.04 Å². The largest absolute Gasteiger partial charge is 0.391 e. The lowest BCUT2D eigenvalue weighted by molar-refractivity contribution is -0.136. The number of β-amino-alcohol motifs (C(OH)–C–C–N with tert-alkyl or cyclic N) is 1. The molecular formula is C34H36N6O4. The van der Waals surface area contributed by atoms with E-state index >= 15 is 0 Å². The molecule has 3 amide bonds. The van der Waals surface area contributed by atoms with Gasteiger partial charge in [0, 0.05) is 29.9 Å². The van der Waals surface area contributed by atoms with Crippen molar-refractivity contribution in [1.82, 2.24) is 20.0 Å². The van der Waals surface area contributed by atoms with Crippen LogP contribution in [-0.2, 0) is 20.8 Å². The second kappa shape index (κ2) is 12.8. The molecular weight excluding hydrogens is 556 g/mol. The summed E-state index contributed by atoms with van der Waals surface area (Å²) >= 11 is 0. The average molecular weight is 593 g/mol. The number of likely N-dealkylation sites (tertiary alicyclic amines) is 2. The van der Waals surface area contributed by atoms with E-state index in [1.807, 2.05) is 79.8 Å². The Morgan fingerprint density at radius 2 is 1.52 bits per heavy atom. The molecule has 0 spiro atoms. The van der Waals surface area contributed by atoms with Crippen LogP contribution in [0.5, 0.6) is 0 Å². The minimum Gasteiger partial charge on any atom is -0.391 e. The maximum absolute atomic E-state index is 13.1. The predicted octanol–water partition coefficient (Wildman–Crippen LogP) is 3.92. The van der Waals surface area contributed by atoms with Crippen LogP contribution in [0.2, 0.25) is 0 Å². The Morgan fingerprint density at radius 3 is 2.16 bits per heavy atom. The van der Waals surface area contributed by atoms with Crippen molar-refractivity contribution in [1.29, 1.82) is 0 Å². The van der Waals surface area contributed by atoms with Gasteiger partial charge < -0.3 is 20.6 Å².